The van der Waals surface area contributed by atoms with Gasteiger partial charge in [-0.3, -0.25) is 9.48 Å². The zero-order valence-corrected chi connectivity index (χ0v) is 20.8. The van der Waals surface area contributed by atoms with E-state index < -0.39 is 0 Å². The number of nitrogens with zero attached hydrogens (tertiary/aromatic N) is 3. The number of nitrogens with one attached hydrogen (secondary N) is 1. The van der Waals surface area contributed by atoms with E-state index in [0.717, 1.165) is 21.4 Å². The van der Waals surface area contributed by atoms with Crippen molar-refractivity contribution in [2.45, 2.75) is 27.0 Å². The van der Waals surface area contributed by atoms with Gasteiger partial charge in [0, 0.05) is 0 Å². The van der Waals surface area contributed by atoms with Crippen molar-refractivity contribution < 1.29 is 18.7 Å². The van der Waals surface area contributed by atoms with Crippen molar-refractivity contribution >= 4 is 44.0 Å². The highest BCUT2D eigenvalue weighted by atomic mass is 79.9. The Morgan fingerprint density at radius 2 is 1.97 bits per heavy atom. The molecule has 0 aliphatic heterocycles. The Morgan fingerprint density at radius 3 is 2.59 bits per heavy atom. The molecular formula is C22H21Br2FN4O3. The molecule has 1 heterocycles. The maximum atomic E-state index is 13.1. The number of amides is 1. The Hall–Kier alpha value is -2.72. The summed E-state index contributed by atoms with van der Waals surface area (Å²) >= 11 is 6.92. The smallest absolute Gasteiger partial charge is 0.261 e. The van der Waals surface area contributed by atoms with E-state index in [1.807, 2.05) is 13.8 Å². The predicted octanol–water partition coefficient (Wildman–Crippen LogP) is 4.90. The molecule has 7 nitrogen and oxygen atoms in total. The summed E-state index contributed by atoms with van der Waals surface area (Å²) in [5, 5.41) is 8.32. The normalized spacial score (nSPS) is 11.1. The third kappa shape index (κ3) is 5.95. The summed E-state index contributed by atoms with van der Waals surface area (Å²) in [5.74, 6) is 0.394. The first-order valence-corrected chi connectivity index (χ1v) is 11.1. The van der Waals surface area contributed by atoms with Gasteiger partial charge in [0.15, 0.2) is 11.5 Å². The van der Waals surface area contributed by atoms with Crippen LogP contribution in [0.3, 0.4) is 0 Å². The number of aromatic nitrogens is 2. The fourth-order valence-corrected chi connectivity index (χ4v) is 3.73. The van der Waals surface area contributed by atoms with Crippen molar-refractivity contribution in [1.29, 1.82) is 0 Å². The average Bonchev–Trinajstić information content (AvgIpc) is 3.00. The fourth-order valence-electron chi connectivity index (χ4n) is 2.87. The van der Waals surface area contributed by atoms with Crippen molar-refractivity contribution in [1.82, 2.24) is 15.2 Å². The lowest BCUT2D eigenvalue weighted by molar-refractivity contribution is -0.121. The van der Waals surface area contributed by atoms with Crippen LogP contribution >= 0.6 is 31.9 Å². The van der Waals surface area contributed by atoms with Gasteiger partial charge in [-0.25, -0.2) is 9.82 Å². The third-order valence-electron chi connectivity index (χ3n) is 4.54. The van der Waals surface area contributed by atoms with Crippen LogP contribution in [-0.2, 0) is 17.9 Å². The van der Waals surface area contributed by atoms with Crippen LogP contribution in [0.15, 0.2) is 50.4 Å². The molecule has 0 aliphatic carbocycles. The van der Waals surface area contributed by atoms with Crippen LogP contribution in [0, 0.1) is 19.7 Å². The summed E-state index contributed by atoms with van der Waals surface area (Å²) in [7, 11) is 1.53. The number of hydrogen-bond acceptors (Lipinski definition) is 5. The monoisotopic (exact) mass is 566 g/mol. The summed E-state index contributed by atoms with van der Waals surface area (Å²) < 4.78 is 27.5. The first kappa shape index (κ1) is 23.9. The molecule has 1 aromatic heterocycles. The number of halogens is 3. The summed E-state index contributed by atoms with van der Waals surface area (Å²) in [4.78, 5) is 12.2. The zero-order valence-electron chi connectivity index (χ0n) is 17.7. The highest BCUT2D eigenvalue weighted by Gasteiger charge is 2.13. The highest BCUT2D eigenvalue weighted by molar-refractivity contribution is 9.10. The lowest BCUT2D eigenvalue weighted by atomic mass is 10.2. The SMILES string of the molecule is COc1cc(/C=N/NC(=O)Cn2nc(C)c(Br)c2C)cc(Br)c1OCc1ccc(F)cc1. The molecule has 1 N–H and O–H groups in total. The molecule has 0 bridgehead atoms. The minimum absolute atomic E-state index is 0.0544. The molecule has 0 radical (unpaired) electrons. The van der Waals surface area contributed by atoms with Gasteiger partial charge in [0.25, 0.3) is 5.91 Å². The molecule has 0 saturated heterocycles. The molecule has 0 fully saturated rings. The molecule has 0 unspecified atom stereocenters. The van der Waals surface area contributed by atoms with E-state index in [9.17, 15) is 9.18 Å². The second-order valence-electron chi connectivity index (χ2n) is 6.88. The molecule has 10 heteroatoms. The fraction of sp³-hybridized carbons (Fsp3) is 0.227. The number of hydrogen-bond donors (Lipinski definition) is 1. The quantitative estimate of drug-likeness (QED) is 0.310. The first-order chi connectivity index (χ1) is 15.3. The number of benzene rings is 2. The van der Waals surface area contributed by atoms with Gasteiger partial charge < -0.3 is 9.47 Å². The molecule has 3 rings (SSSR count). The van der Waals surface area contributed by atoms with Crippen LogP contribution in [0.1, 0.15) is 22.5 Å². The maximum absolute atomic E-state index is 13.1. The van der Waals surface area contributed by atoms with E-state index in [1.54, 1.807) is 28.9 Å². The maximum Gasteiger partial charge on any atom is 0.261 e. The van der Waals surface area contributed by atoms with E-state index in [-0.39, 0.29) is 24.9 Å². The van der Waals surface area contributed by atoms with Crippen LogP contribution in [-0.4, -0.2) is 29.0 Å². The van der Waals surface area contributed by atoms with Gasteiger partial charge in [-0.15, -0.1) is 0 Å². The molecular weight excluding hydrogens is 547 g/mol. The van der Waals surface area contributed by atoms with Crippen molar-refractivity contribution in [3.05, 3.63) is 73.7 Å². The molecule has 0 spiro atoms. The minimum Gasteiger partial charge on any atom is -0.493 e. The Kier molecular flexibility index (Phi) is 8.03. The van der Waals surface area contributed by atoms with Crippen molar-refractivity contribution in [3.63, 3.8) is 0 Å². The zero-order chi connectivity index (χ0) is 23.3. The lowest BCUT2D eigenvalue weighted by Crippen LogP contribution is -2.24. The molecule has 0 atom stereocenters. The van der Waals surface area contributed by atoms with Gasteiger partial charge in [0.2, 0.25) is 0 Å². The lowest BCUT2D eigenvalue weighted by Gasteiger charge is -2.13. The number of aryl methyl sites for hydroxylation is 1. The molecule has 0 saturated carbocycles. The van der Waals surface area contributed by atoms with Gasteiger partial charge in [0.1, 0.15) is 19.0 Å². The molecule has 0 aliphatic rings. The minimum atomic E-state index is -0.301. The molecule has 2 aromatic carbocycles. The van der Waals surface area contributed by atoms with Gasteiger partial charge in [0.05, 0.1) is 33.7 Å². The average molecular weight is 568 g/mol. The van der Waals surface area contributed by atoms with Crippen LogP contribution in [0.2, 0.25) is 0 Å². The Morgan fingerprint density at radius 1 is 1.25 bits per heavy atom. The standard InChI is InChI=1S/C22H21Br2FN4O3/c1-13-21(24)14(2)29(28-13)11-20(30)27-26-10-16-8-18(23)22(19(9-16)31-3)32-12-15-4-6-17(25)7-5-15/h4-10H,11-12H2,1-3H3,(H,27,30)/b26-10+. The summed E-state index contributed by atoms with van der Waals surface area (Å²) in [5.41, 5.74) is 5.69. The van der Waals surface area contributed by atoms with Crippen molar-refractivity contribution in [2.24, 2.45) is 5.10 Å². The third-order valence-corrected chi connectivity index (χ3v) is 6.27. The van der Waals surface area contributed by atoms with Gasteiger partial charge in [-0.1, -0.05) is 12.1 Å². The number of carbonyl (C=O) groups is 1. The number of methoxy groups -OCH3 is 1. The first-order valence-electron chi connectivity index (χ1n) is 9.54. The van der Waals surface area contributed by atoms with Crippen LogP contribution < -0.4 is 14.9 Å². The molecule has 32 heavy (non-hydrogen) atoms. The number of ether oxygens (including phenoxy) is 2. The second-order valence-corrected chi connectivity index (χ2v) is 8.53. The number of rotatable bonds is 8. The molecule has 168 valence electrons. The van der Waals surface area contributed by atoms with E-state index in [1.165, 1.54) is 25.5 Å². The van der Waals surface area contributed by atoms with Crippen molar-refractivity contribution in [3.8, 4) is 11.5 Å². The number of hydrazone groups is 1. The predicted molar refractivity (Wildman–Crippen MR) is 127 cm³/mol. The van der Waals surface area contributed by atoms with E-state index in [2.05, 4.69) is 47.5 Å². The Balaban J connectivity index is 1.64. The summed E-state index contributed by atoms with van der Waals surface area (Å²) in [6, 6.07) is 9.60. The molecule has 1 amide bonds. The van der Waals surface area contributed by atoms with Gasteiger partial charge in [-0.05, 0) is 81.1 Å². The topological polar surface area (TPSA) is 77.7 Å². The van der Waals surface area contributed by atoms with Crippen molar-refractivity contribution in [2.75, 3.05) is 7.11 Å². The van der Waals surface area contributed by atoms with Crippen LogP contribution in [0.4, 0.5) is 4.39 Å². The summed E-state index contributed by atoms with van der Waals surface area (Å²) in [6.45, 7) is 4.05. The van der Waals surface area contributed by atoms with Crippen LogP contribution in [0.25, 0.3) is 0 Å². The largest absolute Gasteiger partial charge is 0.493 e. The van der Waals surface area contributed by atoms with E-state index >= 15 is 0 Å². The van der Waals surface area contributed by atoms with Gasteiger partial charge >= 0.3 is 0 Å². The Bertz CT molecular complexity index is 1150. The highest BCUT2D eigenvalue weighted by Crippen LogP contribution is 2.36. The van der Waals surface area contributed by atoms with Gasteiger partial charge in [-0.2, -0.15) is 10.2 Å². The van der Waals surface area contributed by atoms with Crippen LogP contribution in [0.5, 0.6) is 11.5 Å². The molecule has 3 aromatic rings. The van der Waals surface area contributed by atoms with E-state index in [0.29, 0.717) is 21.5 Å². The van der Waals surface area contributed by atoms with E-state index in [4.69, 9.17) is 9.47 Å². The Labute approximate surface area is 201 Å². The number of carbonyl (C=O) groups excluding carboxylic acids is 1. The second kappa shape index (κ2) is 10.7. The summed E-state index contributed by atoms with van der Waals surface area (Å²) in [6.07, 6.45) is 1.51.